The zero-order chi connectivity index (χ0) is 29.4. The molecule has 0 radical (unpaired) electrons. The second-order valence-electron chi connectivity index (χ2n) is 9.82. The third kappa shape index (κ3) is 8.68. The molecule has 0 aliphatic rings. The van der Waals surface area contributed by atoms with Crippen LogP contribution in [0.1, 0.15) is 25.0 Å². The maximum atomic E-state index is 14.8. The van der Waals surface area contributed by atoms with Gasteiger partial charge in [-0.2, -0.15) is 0 Å². The molecular formula is C29H32Cl2FN3O4S. The number of anilines is 1. The summed E-state index contributed by atoms with van der Waals surface area (Å²) >= 11 is 12.3. The zero-order valence-electron chi connectivity index (χ0n) is 22.5. The molecule has 1 atom stereocenters. The fourth-order valence-electron chi connectivity index (χ4n) is 4.06. The topological polar surface area (TPSA) is 86.8 Å². The van der Waals surface area contributed by atoms with Gasteiger partial charge >= 0.3 is 0 Å². The van der Waals surface area contributed by atoms with Crippen molar-refractivity contribution in [3.63, 3.8) is 0 Å². The number of amides is 2. The summed E-state index contributed by atoms with van der Waals surface area (Å²) in [6.45, 7) is 3.31. The number of sulfonamides is 1. The van der Waals surface area contributed by atoms with E-state index in [2.05, 4.69) is 5.32 Å². The third-order valence-electron chi connectivity index (χ3n) is 6.11. The Kier molecular flexibility index (Phi) is 11.0. The average Bonchev–Trinajstić information content (AvgIpc) is 2.89. The molecule has 214 valence electrons. The summed E-state index contributed by atoms with van der Waals surface area (Å²) < 4.78 is 41.3. The van der Waals surface area contributed by atoms with Crippen LogP contribution in [0.25, 0.3) is 0 Å². The Morgan fingerprint density at radius 2 is 1.62 bits per heavy atom. The van der Waals surface area contributed by atoms with E-state index in [1.807, 2.05) is 44.2 Å². The smallest absolute Gasteiger partial charge is 0.244 e. The number of carbonyl (C=O) groups excluding carboxylic acids is 2. The maximum Gasteiger partial charge on any atom is 0.244 e. The number of rotatable bonds is 12. The fourth-order valence-corrected chi connectivity index (χ4v) is 5.49. The number of nitrogens with one attached hydrogen (secondary N) is 1. The van der Waals surface area contributed by atoms with Crippen molar-refractivity contribution < 1.29 is 22.4 Å². The second-order valence-corrected chi connectivity index (χ2v) is 12.6. The normalized spacial score (nSPS) is 12.2. The van der Waals surface area contributed by atoms with Gasteiger partial charge in [0.2, 0.25) is 21.8 Å². The van der Waals surface area contributed by atoms with Crippen LogP contribution in [0.2, 0.25) is 10.0 Å². The predicted molar refractivity (Wildman–Crippen MR) is 157 cm³/mol. The number of hydrogen-bond acceptors (Lipinski definition) is 4. The van der Waals surface area contributed by atoms with Crippen molar-refractivity contribution in [2.24, 2.45) is 5.92 Å². The van der Waals surface area contributed by atoms with Crippen molar-refractivity contribution in [3.8, 4) is 0 Å². The highest BCUT2D eigenvalue weighted by Crippen LogP contribution is 2.30. The molecule has 1 N–H and O–H groups in total. The van der Waals surface area contributed by atoms with Gasteiger partial charge in [0.15, 0.2) is 0 Å². The molecule has 0 aliphatic carbocycles. The molecule has 0 heterocycles. The number of nitrogens with zero attached hydrogens (tertiary/aromatic N) is 2. The van der Waals surface area contributed by atoms with E-state index in [9.17, 15) is 22.4 Å². The molecule has 11 heteroatoms. The quantitative estimate of drug-likeness (QED) is 0.302. The average molecular weight is 609 g/mol. The van der Waals surface area contributed by atoms with Gasteiger partial charge in [-0.15, -0.1) is 0 Å². The van der Waals surface area contributed by atoms with Crippen molar-refractivity contribution in [2.75, 3.05) is 23.7 Å². The first kappa shape index (κ1) is 31.4. The summed E-state index contributed by atoms with van der Waals surface area (Å²) in [5.74, 6) is -1.55. The lowest BCUT2D eigenvalue weighted by molar-refractivity contribution is -0.140. The highest BCUT2D eigenvalue weighted by molar-refractivity contribution is 7.92. The van der Waals surface area contributed by atoms with E-state index in [0.717, 1.165) is 16.1 Å². The van der Waals surface area contributed by atoms with Crippen molar-refractivity contribution in [1.82, 2.24) is 10.2 Å². The minimum Gasteiger partial charge on any atom is -0.354 e. The third-order valence-corrected chi connectivity index (χ3v) is 7.78. The van der Waals surface area contributed by atoms with E-state index in [4.69, 9.17) is 23.2 Å². The lowest BCUT2D eigenvalue weighted by atomic mass is 10.0. The van der Waals surface area contributed by atoms with Crippen LogP contribution in [-0.2, 0) is 32.6 Å². The van der Waals surface area contributed by atoms with E-state index < -0.39 is 40.2 Å². The van der Waals surface area contributed by atoms with Gasteiger partial charge in [-0.3, -0.25) is 13.9 Å². The first-order chi connectivity index (χ1) is 18.9. The van der Waals surface area contributed by atoms with E-state index in [1.54, 1.807) is 6.07 Å². The van der Waals surface area contributed by atoms with Gasteiger partial charge in [0.1, 0.15) is 18.4 Å². The van der Waals surface area contributed by atoms with Gasteiger partial charge in [0, 0.05) is 30.1 Å². The standard InChI is InChI=1S/C29H32Cl2FN3O4S/c1-20(2)17-33-29(37)27(15-21-9-5-4-6-10-21)34(18-22-11-7-8-12-25(22)32)28(36)19-35(40(3,38)39)26-14-13-23(30)16-24(26)31/h4-14,16,20,27H,15,17-19H2,1-3H3,(H,33,37). The SMILES string of the molecule is CC(C)CNC(=O)C(Cc1ccccc1)N(Cc1ccccc1F)C(=O)CN(c1ccc(Cl)cc1Cl)S(C)(=O)=O. The number of halogens is 3. The van der Waals surface area contributed by atoms with Crippen molar-refractivity contribution in [3.05, 3.63) is 99.8 Å². The Balaban J connectivity index is 2.08. The van der Waals surface area contributed by atoms with Gasteiger partial charge in [0.05, 0.1) is 17.0 Å². The molecule has 0 fully saturated rings. The molecule has 3 aromatic carbocycles. The van der Waals surface area contributed by atoms with Crippen molar-refractivity contribution in [2.45, 2.75) is 32.9 Å². The van der Waals surface area contributed by atoms with Crippen LogP contribution in [0, 0.1) is 11.7 Å². The molecule has 3 aromatic rings. The zero-order valence-corrected chi connectivity index (χ0v) is 24.8. The van der Waals surface area contributed by atoms with Gasteiger partial charge in [-0.25, -0.2) is 12.8 Å². The highest BCUT2D eigenvalue weighted by atomic mass is 35.5. The molecule has 40 heavy (non-hydrogen) atoms. The summed E-state index contributed by atoms with van der Waals surface area (Å²) in [5, 5.41) is 3.20. The number of carbonyl (C=O) groups is 2. The molecule has 1 unspecified atom stereocenters. The van der Waals surface area contributed by atoms with Gasteiger partial charge in [-0.1, -0.05) is 85.6 Å². The molecule has 0 spiro atoms. The molecule has 0 aromatic heterocycles. The van der Waals surface area contributed by atoms with Gasteiger partial charge in [0.25, 0.3) is 0 Å². The summed E-state index contributed by atoms with van der Waals surface area (Å²) in [6, 6.07) is 18.2. The van der Waals surface area contributed by atoms with Crippen LogP contribution >= 0.6 is 23.2 Å². The lowest BCUT2D eigenvalue weighted by Crippen LogP contribution is -2.53. The Morgan fingerprint density at radius 1 is 0.975 bits per heavy atom. The van der Waals surface area contributed by atoms with Crippen LogP contribution in [0.5, 0.6) is 0 Å². The van der Waals surface area contributed by atoms with Crippen LogP contribution in [0.4, 0.5) is 10.1 Å². The Bertz CT molecular complexity index is 1440. The summed E-state index contributed by atoms with van der Waals surface area (Å²) in [5.41, 5.74) is 1.01. The summed E-state index contributed by atoms with van der Waals surface area (Å²) in [6.07, 6.45) is 1.08. The van der Waals surface area contributed by atoms with Crippen LogP contribution in [0.15, 0.2) is 72.8 Å². The van der Waals surface area contributed by atoms with E-state index in [0.29, 0.717) is 11.6 Å². The van der Waals surface area contributed by atoms with E-state index in [-0.39, 0.29) is 35.2 Å². The number of benzene rings is 3. The molecular weight excluding hydrogens is 576 g/mol. The van der Waals surface area contributed by atoms with Crippen LogP contribution < -0.4 is 9.62 Å². The minimum atomic E-state index is -4.01. The first-order valence-corrected chi connectivity index (χ1v) is 15.2. The Hall–Kier alpha value is -3.14. The molecule has 7 nitrogen and oxygen atoms in total. The maximum absolute atomic E-state index is 14.8. The number of hydrogen-bond donors (Lipinski definition) is 1. The lowest BCUT2D eigenvalue weighted by Gasteiger charge is -2.34. The first-order valence-electron chi connectivity index (χ1n) is 12.6. The predicted octanol–water partition coefficient (Wildman–Crippen LogP) is 5.31. The van der Waals surface area contributed by atoms with Gasteiger partial charge < -0.3 is 10.2 Å². The van der Waals surface area contributed by atoms with Crippen LogP contribution in [-0.4, -0.2) is 50.5 Å². The van der Waals surface area contributed by atoms with Crippen molar-refractivity contribution >= 4 is 50.7 Å². The molecule has 0 bridgehead atoms. The minimum absolute atomic E-state index is 0.0295. The second kappa shape index (κ2) is 14.0. The Morgan fingerprint density at radius 3 is 2.23 bits per heavy atom. The molecule has 0 aliphatic heterocycles. The van der Waals surface area contributed by atoms with E-state index in [1.165, 1.54) is 41.3 Å². The van der Waals surface area contributed by atoms with Gasteiger partial charge in [-0.05, 0) is 35.7 Å². The molecule has 3 rings (SSSR count). The molecule has 0 saturated heterocycles. The molecule has 2 amide bonds. The monoisotopic (exact) mass is 607 g/mol. The van der Waals surface area contributed by atoms with E-state index >= 15 is 0 Å². The molecule has 0 saturated carbocycles. The highest BCUT2D eigenvalue weighted by Gasteiger charge is 2.34. The fraction of sp³-hybridized carbons (Fsp3) is 0.310. The van der Waals surface area contributed by atoms with Crippen molar-refractivity contribution in [1.29, 1.82) is 0 Å². The van der Waals surface area contributed by atoms with Crippen LogP contribution in [0.3, 0.4) is 0 Å². The Labute approximate surface area is 244 Å². The largest absolute Gasteiger partial charge is 0.354 e. The summed E-state index contributed by atoms with van der Waals surface area (Å²) in [4.78, 5) is 28.8. The summed E-state index contributed by atoms with van der Waals surface area (Å²) in [7, 11) is -4.01.